The number of phenolic OH excluding ortho intramolecular Hbond substituents is 1. The summed E-state index contributed by atoms with van der Waals surface area (Å²) in [7, 11) is 0. The van der Waals surface area contributed by atoms with Crippen LogP contribution in [0.5, 0.6) is 5.75 Å². The molecule has 2 heterocycles. The van der Waals surface area contributed by atoms with Gasteiger partial charge in [-0.05, 0) is 48.0 Å². The first-order valence-corrected chi connectivity index (χ1v) is 11.9. The van der Waals surface area contributed by atoms with Gasteiger partial charge in [-0.25, -0.2) is 22.8 Å². The fourth-order valence-corrected chi connectivity index (χ4v) is 5.17. The molecule has 0 unspecified atom stereocenters. The first-order valence-electron chi connectivity index (χ1n) is 11.9. The molecule has 7 nitrogen and oxygen atoms in total. The summed E-state index contributed by atoms with van der Waals surface area (Å²) in [5.41, 5.74) is 0.884. The zero-order chi connectivity index (χ0) is 27.4. The third kappa shape index (κ3) is 4.21. The van der Waals surface area contributed by atoms with Crippen LogP contribution < -0.4 is 5.32 Å². The molecular weight excluding hydrogens is 499 g/mol. The fraction of sp³-hybridized carbons (Fsp3) is 0.214. The lowest BCUT2D eigenvalue weighted by molar-refractivity contribution is 0.0697. The molecule has 0 atom stereocenters. The number of fused-ring (bicyclic) bond motifs is 1. The third-order valence-electron chi connectivity index (χ3n) is 6.76. The van der Waals surface area contributed by atoms with Crippen molar-refractivity contribution < 1.29 is 33.0 Å². The van der Waals surface area contributed by atoms with Crippen molar-refractivity contribution >= 4 is 22.9 Å². The molecule has 0 saturated carbocycles. The van der Waals surface area contributed by atoms with Crippen LogP contribution in [-0.4, -0.2) is 51.3 Å². The molecule has 4 aromatic rings. The number of nitrogens with zero attached hydrogens (tertiary/aromatic N) is 2. The van der Waals surface area contributed by atoms with Gasteiger partial charge in [-0.15, -0.1) is 0 Å². The van der Waals surface area contributed by atoms with Crippen LogP contribution in [0.3, 0.4) is 0 Å². The summed E-state index contributed by atoms with van der Waals surface area (Å²) < 4.78 is 44.7. The van der Waals surface area contributed by atoms with E-state index in [1.54, 1.807) is 21.6 Å². The van der Waals surface area contributed by atoms with Gasteiger partial charge in [0.1, 0.15) is 11.6 Å². The number of phenols is 1. The Hall–Kier alpha value is -4.47. The van der Waals surface area contributed by atoms with Crippen LogP contribution in [0.1, 0.15) is 29.9 Å². The number of carbonyl (C=O) groups excluding carboxylic acids is 1. The summed E-state index contributed by atoms with van der Waals surface area (Å²) in [6.45, 7) is 4.84. The number of rotatable bonds is 6. The number of carbonyl (C=O) groups is 2. The normalized spacial score (nSPS) is 13.8. The SMILES string of the molecule is CC(C)(CN1CCNC1=O)c1c(-c2ccc(F)c(F)c2)c2cc(F)cc(O)c2n1-c1ccc(C(=O)O)cc1. The van der Waals surface area contributed by atoms with Crippen LogP contribution in [0, 0.1) is 17.5 Å². The molecule has 0 aliphatic carbocycles. The second-order valence-corrected chi connectivity index (χ2v) is 9.90. The summed E-state index contributed by atoms with van der Waals surface area (Å²) in [6.07, 6.45) is 0. The zero-order valence-electron chi connectivity index (χ0n) is 20.6. The van der Waals surface area contributed by atoms with E-state index in [2.05, 4.69) is 5.32 Å². The Balaban J connectivity index is 1.88. The molecule has 1 aliphatic heterocycles. The summed E-state index contributed by atoms with van der Waals surface area (Å²) in [5.74, 6) is -4.41. The van der Waals surface area contributed by atoms with E-state index in [0.29, 0.717) is 30.0 Å². The number of carboxylic acids is 1. The lowest BCUT2D eigenvalue weighted by atomic mass is 9.83. The Labute approximate surface area is 215 Å². The lowest BCUT2D eigenvalue weighted by Crippen LogP contribution is -2.40. The predicted molar refractivity (Wildman–Crippen MR) is 135 cm³/mol. The maximum absolute atomic E-state index is 14.7. The van der Waals surface area contributed by atoms with Gasteiger partial charge in [0.2, 0.25) is 0 Å². The molecule has 38 heavy (non-hydrogen) atoms. The zero-order valence-corrected chi connectivity index (χ0v) is 20.6. The predicted octanol–water partition coefficient (Wildman–Crippen LogP) is 5.42. The molecule has 2 amide bonds. The molecule has 3 N–H and O–H groups in total. The number of aromatic nitrogens is 1. The van der Waals surface area contributed by atoms with Crippen LogP contribution in [0.15, 0.2) is 54.6 Å². The summed E-state index contributed by atoms with van der Waals surface area (Å²) in [4.78, 5) is 25.5. The number of benzene rings is 3. The number of hydrogen-bond acceptors (Lipinski definition) is 3. The van der Waals surface area contributed by atoms with Crippen molar-refractivity contribution in [2.24, 2.45) is 0 Å². The smallest absolute Gasteiger partial charge is 0.335 e. The number of urea groups is 1. The topological polar surface area (TPSA) is 94.8 Å². The monoisotopic (exact) mass is 523 g/mol. The highest BCUT2D eigenvalue weighted by molar-refractivity contribution is 6.02. The maximum atomic E-state index is 14.7. The molecule has 196 valence electrons. The number of aromatic hydroxyl groups is 1. The molecule has 1 fully saturated rings. The molecule has 1 aromatic heterocycles. The lowest BCUT2D eigenvalue weighted by Gasteiger charge is -2.32. The highest BCUT2D eigenvalue weighted by Crippen LogP contribution is 2.46. The van der Waals surface area contributed by atoms with Crippen molar-refractivity contribution in [2.75, 3.05) is 19.6 Å². The van der Waals surface area contributed by atoms with Gasteiger partial charge in [0.05, 0.1) is 11.1 Å². The largest absolute Gasteiger partial charge is 0.506 e. The van der Waals surface area contributed by atoms with E-state index >= 15 is 0 Å². The molecule has 5 rings (SSSR count). The fourth-order valence-electron chi connectivity index (χ4n) is 5.17. The first-order chi connectivity index (χ1) is 18.0. The second-order valence-electron chi connectivity index (χ2n) is 9.90. The summed E-state index contributed by atoms with van der Waals surface area (Å²) in [5, 5.41) is 23.3. The van der Waals surface area contributed by atoms with Crippen molar-refractivity contribution in [3.05, 3.63) is 83.3 Å². The minimum atomic E-state index is -1.12. The molecule has 10 heteroatoms. The van der Waals surface area contributed by atoms with Crippen LogP contribution in [0.2, 0.25) is 0 Å². The molecule has 0 bridgehead atoms. The number of amides is 2. The summed E-state index contributed by atoms with van der Waals surface area (Å²) >= 11 is 0. The second kappa shape index (κ2) is 9.13. The number of carboxylic acid groups (broad SMARTS) is 1. The Morgan fingerprint density at radius 3 is 2.34 bits per heavy atom. The highest BCUT2D eigenvalue weighted by Gasteiger charge is 2.36. The minimum absolute atomic E-state index is 0.0378. The van der Waals surface area contributed by atoms with E-state index in [-0.39, 0.29) is 34.6 Å². The van der Waals surface area contributed by atoms with Crippen LogP contribution in [-0.2, 0) is 5.41 Å². The van der Waals surface area contributed by atoms with Gasteiger partial charge in [-0.1, -0.05) is 19.9 Å². The van der Waals surface area contributed by atoms with Crippen LogP contribution in [0.25, 0.3) is 27.7 Å². The van der Waals surface area contributed by atoms with Gasteiger partial charge >= 0.3 is 12.0 Å². The molecule has 0 spiro atoms. The van der Waals surface area contributed by atoms with E-state index in [4.69, 9.17) is 0 Å². The maximum Gasteiger partial charge on any atom is 0.335 e. The van der Waals surface area contributed by atoms with Gasteiger partial charge in [0.25, 0.3) is 0 Å². The summed E-state index contributed by atoms with van der Waals surface area (Å²) in [6, 6.07) is 11.1. The van der Waals surface area contributed by atoms with Gasteiger partial charge in [-0.3, -0.25) is 0 Å². The van der Waals surface area contributed by atoms with Crippen molar-refractivity contribution in [3.8, 4) is 22.6 Å². The van der Waals surface area contributed by atoms with Crippen molar-refractivity contribution in [2.45, 2.75) is 19.3 Å². The Morgan fingerprint density at radius 1 is 1.03 bits per heavy atom. The van der Waals surface area contributed by atoms with E-state index in [1.165, 1.54) is 24.3 Å². The standard InChI is InChI=1S/C28H24F3N3O4/c1-28(2,14-33-10-9-32-27(33)38)25-23(16-5-8-20(30)21(31)11-16)19-12-17(29)13-22(35)24(19)34(25)18-6-3-15(4-7-18)26(36)37/h3-8,11-13,35H,9-10,14H2,1-2H3,(H,32,38)(H,36,37). The van der Waals surface area contributed by atoms with E-state index in [9.17, 15) is 33.0 Å². The van der Waals surface area contributed by atoms with Crippen LogP contribution >= 0.6 is 0 Å². The third-order valence-corrected chi connectivity index (χ3v) is 6.76. The minimum Gasteiger partial charge on any atom is -0.506 e. The molecule has 3 aromatic carbocycles. The Bertz CT molecular complexity index is 1600. The van der Waals surface area contributed by atoms with Gasteiger partial charge in [-0.2, -0.15) is 0 Å². The number of nitrogens with one attached hydrogen (secondary N) is 1. The molecule has 1 saturated heterocycles. The van der Waals surface area contributed by atoms with Gasteiger partial charge in [0, 0.05) is 53.4 Å². The number of hydrogen-bond donors (Lipinski definition) is 3. The number of aromatic carboxylic acids is 1. The highest BCUT2D eigenvalue weighted by atomic mass is 19.2. The van der Waals surface area contributed by atoms with Crippen molar-refractivity contribution in [3.63, 3.8) is 0 Å². The first kappa shape index (κ1) is 25.2. The van der Waals surface area contributed by atoms with Gasteiger partial charge in [0.15, 0.2) is 11.6 Å². The van der Waals surface area contributed by atoms with E-state index < -0.39 is 34.6 Å². The Morgan fingerprint density at radius 2 is 1.74 bits per heavy atom. The molecule has 1 aliphatic rings. The average molecular weight is 524 g/mol. The molecule has 0 radical (unpaired) electrons. The molecular formula is C28H24F3N3O4. The average Bonchev–Trinajstić information content (AvgIpc) is 3.42. The van der Waals surface area contributed by atoms with E-state index in [0.717, 1.165) is 18.2 Å². The Kier molecular flexibility index (Phi) is 6.05. The van der Waals surface area contributed by atoms with Gasteiger partial charge < -0.3 is 25.0 Å². The number of halogens is 3. The van der Waals surface area contributed by atoms with Crippen LogP contribution in [0.4, 0.5) is 18.0 Å². The quantitative estimate of drug-likeness (QED) is 0.315. The van der Waals surface area contributed by atoms with Crippen molar-refractivity contribution in [1.29, 1.82) is 0 Å². The van der Waals surface area contributed by atoms with E-state index in [1.807, 2.05) is 13.8 Å². The van der Waals surface area contributed by atoms with Crippen molar-refractivity contribution in [1.82, 2.24) is 14.8 Å².